The van der Waals surface area contributed by atoms with Gasteiger partial charge in [0.1, 0.15) is 6.04 Å². The zero-order valence-electron chi connectivity index (χ0n) is 10.6. The van der Waals surface area contributed by atoms with Gasteiger partial charge < -0.3 is 4.90 Å². The maximum atomic E-state index is 11.9. The molecule has 0 saturated carbocycles. The van der Waals surface area contributed by atoms with Crippen LogP contribution in [0.1, 0.15) is 31.9 Å². The first-order chi connectivity index (χ1) is 8.06. The van der Waals surface area contributed by atoms with Gasteiger partial charge in [-0.05, 0) is 11.5 Å². The molecule has 0 radical (unpaired) electrons. The Hall–Kier alpha value is -1.82. The van der Waals surface area contributed by atoms with Crippen LogP contribution in [0.5, 0.6) is 0 Å². The van der Waals surface area contributed by atoms with E-state index < -0.39 is 6.04 Å². The molecule has 0 bridgehead atoms. The minimum atomic E-state index is -0.498. The first-order valence-electron chi connectivity index (χ1n) is 5.76. The highest BCUT2D eigenvalue weighted by Gasteiger charge is 2.21. The molecule has 0 heterocycles. The van der Waals surface area contributed by atoms with Gasteiger partial charge in [0, 0.05) is 13.5 Å². The fourth-order valence-corrected chi connectivity index (χ4v) is 1.66. The van der Waals surface area contributed by atoms with Crippen molar-refractivity contribution in [3.8, 4) is 6.07 Å². The molecule has 1 aromatic carbocycles. The standard InChI is InChI=1S/C14H18N2O/c1-11(2)9-14(17)16(3)13(10-15)12-7-5-4-6-8-12/h4-8,11,13H,9H2,1-3H3. The van der Waals surface area contributed by atoms with E-state index in [2.05, 4.69) is 6.07 Å². The summed E-state index contributed by atoms with van der Waals surface area (Å²) < 4.78 is 0. The molecule has 17 heavy (non-hydrogen) atoms. The van der Waals surface area contributed by atoms with Gasteiger partial charge in [0.25, 0.3) is 0 Å². The third-order valence-electron chi connectivity index (χ3n) is 2.60. The van der Waals surface area contributed by atoms with E-state index >= 15 is 0 Å². The van der Waals surface area contributed by atoms with E-state index in [0.29, 0.717) is 12.3 Å². The second-order valence-corrected chi connectivity index (χ2v) is 4.54. The molecule has 1 aromatic rings. The van der Waals surface area contributed by atoms with E-state index in [1.807, 2.05) is 44.2 Å². The van der Waals surface area contributed by atoms with Crippen LogP contribution in [0.3, 0.4) is 0 Å². The number of benzene rings is 1. The van der Waals surface area contributed by atoms with Crippen molar-refractivity contribution in [2.45, 2.75) is 26.3 Å². The predicted octanol–water partition coefficient (Wildman–Crippen LogP) is 2.76. The lowest BCUT2D eigenvalue weighted by Crippen LogP contribution is -2.31. The van der Waals surface area contributed by atoms with Crippen molar-refractivity contribution in [2.75, 3.05) is 7.05 Å². The van der Waals surface area contributed by atoms with E-state index in [0.717, 1.165) is 5.56 Å². The van der Waals surface area contributed by atoms with Crippen molar-refractivity contribution in [3.63, 3.8) is 0 Å². The van der Waals surface area contributed by atoms with Crippen LogP contribution < -0.4 is 0 Å². The van der Waals surface area contributed by atoms with E-state index in [9.17, 15) is 10.1 Å². The first-order valence-corrected chi connectivity index (χ1v) is 5.76. The topological polar surface area (TPSA) is 44.1 Å². The summed E-state index contributed by atoms with van der Waals surface area (Å²) in [7, 11) is 1.69. The highest BCUT2D eigenvalue weighted by molar-refractivity contribution is 5.77. The number of amides is 1. The lowest BCUT2D eigenvalue weighted by atomic mass is 10.1. The number of hydrogen-bond donors (Lipinski definition) is 0. The van der Waals surface area contributed by atoms with Gasteiger partial charge in [-0.1, -0.05) is 44.2 Å². The molecule has 0 saturated heterocycles. The average Bonchev–Trinajstić information content (AvgIpc) is 2.30. The zero-order valence-corrected chi connectivity index (χ0v) is 10.6. The third-order valence-corrected chi connectivity index (χ3v) is 2.60. The molecule has 0 aliphatic heterocycles. The number of carbonyl (C=O) groups is 1. The Morgan fingerprint density at radius 3 is 2.41 bits per heavy atom. The SMILES string of the molecule is CC(C)CC(=O)N(C)C(C#N)c1ccccc1. The molecule has 0 aromatic heterocycles. The van der Waals surface area contributed by atoms with Crippen molar-refractivity contribution < 1.29 is 4.79 Å². The zero-order chi connectivity index (χ0) is 12.8. The molecule has 0 N–H and O–H groups in total. The number of hydrogen-bond acceptors (Lipinski definition) is 2. The molecule has 0 aliphatic carbocycles. The van der Waals surface area contributed by atoms with Crippen molar-refractivity contribution >= 4 is 5.91 Å². The molecule has 1 unspecified atom stereocenters. The van der Waals surface area contributed by atoms with Crippen LogP contribution in [-0.4, -0.2) is 17.9 Å². The molecule has 0 aliphatic rings. The van der Waals surface area contributed by atoms with E-state index in [-0.39, 0.29) is 5.91 Å². The first kappa shape index (κ1) is 13.2. The van der Waals surface area contributed by atoms with Crippen molar-refractivity contribution in [1.29, 1.82) is 5.26 Å². The Bertz CT molecular complexity index is 406. The summed E-state index contributed by atoms with van der Waals surface area (Å²) in [5.41, 5.74) is 0.856. The van der Waals surface area contributed by atoms with Gasteiger partial charge in [-0.2, -0.15) is 5.26 Å². The van der Waals surface area contributed by atoms with Gasteiger partial charge in [-0.15, -0.1) is 0 Å². The fraction of sp³-hybridized carbons (Fsp3) is 0.429. The molecule has 1 atom stereocenters. The van der Waals surface area contributed by atoms with Crippen LogP contribution in [0, 0.1) is 17.2 Å². The van der Waals surface area contributed by atoms with E-state index in [1.165, 1.54) is 4.90 Å². The maximum absolute atomic E-state index is 11.9. The van der Waals surface area contributed by atoms with Crippen molar-refractivity contribution in [2.24, 2.45) is 5.92 Å². The van der Waals surface area contributed by atoms with Crippen LogP contribution in [-0.2, 0) is 4.79 Å². The molecule has 0 spiro atoms. The Morgan fingerprint density at radius 1 is 1.35 bits per heavy atom. The Balaban J connectivity index is 2.82. The van der Waals surface area contributed by atoms with Gasteiger partial charge in [-0.25, -0.2) is 0 Å². The van der Waals surface area contributed by atoms with Gasteiger partial charge in [-0.3, -0.25) is 4.79 Å². The largest absolute Gasteiger partial charge is 0.326 e. The number of rotatable bonds is 4. The summed E-state index contributed by atoms with van der Waals surface area (Å²) in [4.78, 5) is 13.4. The Labute approximate surface area is 103 Å². The van der Waals surface area contributed by atoms with Gasteiger partial charge in [0.2, 0.25) is 5.91 Å². The summed E-state index contributed by atoms with van der Waals surface area (Å²) in [6.07, 6.45) is 0.474. The quantitative estimate of drug-likeness (QED) is 0.798. The van der Waals surface area contributed by atoms with Gasteiger partial charge in [0.15, 0.2) is 0 Å². The van der Waals surface area contributed by atoms with Crippen LogP contribution in [0.4, 0.5) is 0 Å². The minimum absolute atomic E-state index is 0.00963. The maximum Gasteiger partial charge on any atom is 0.223 e. The van der Waals surface area contributed by atoms with E-state index in [4.69, 9.17) is 0 Å². The number of nitrogens with zero attached hydrogens (tertiary/aromatic N) is 2. The monoisotopic (exact) mass is 230 g/mol. The van der Waals surface area contributed by atoms with E-state index in [1.54, 1.807) is 7.05 Å². The predicted molar refractivity (Wildman–Crippen MR) is 67.0 cm³/mol. The second kappa shape index (κ2) is 6.05. The van der Waals surface area contributed by atoms with Crippen LogP contribution in [0.15, 0.2) is 30.3 Å². The molecular formula is C14H18N2O. The molecule has 3 heteroatoms. The van der Waals surface area contributed by atoms with Crippen molar-refractivity contribution in [1.82, 2.24) is 4.90 Å². The summed E-state index contributed by atoms with van der Waals surface area (Å²) in [5, 5.41) is 9.19. The number of nitriles is 1. The average molecular weight is 230 g/mol. The van der Waals surface area contributed by atoms with Crippen LogP contribution >= 0.6 is 0 Å². The summed E-state index contributed by atoms with van der Waals surface area (Å²) in [6.45, 7) is 3.99. The summed E-state index contributed by atoms with van der Waals surface area (Å²) >= 11 is 0. The molecule has 0 fully saturated rings. The smallest absolute Gasteiger partial charge is 0.223 e. The number of carbonyl (C=O) groups excluding carboxylic acids is 1. The van der Waals surface area contributed by atoms with Crippen LogP contribution in [0.2, 0.25) is 0 Å². The normalized spacial score (nSPS) is 11.9. The highest BCUT2D eigenvalue weighted by atomic mass is 16.2. The lowest BCUT2D eigenvalue weighted by Gasteiger charge is -2.23. The molecule has 1 amide bonds. The molecule has 90 valence electrons. The Kier molecular flexibility index (Phi) is 4.71. The molecule has 3 nitrogen and oxygen atoms in total. The van der Waals surface area contributed by atoms with Gasteiger partial charge >= 0.3 is 0 Å². The Morgan fingerprint density at radius 2 is 1.94 bits per heavy atom. The summed E-state index contributed by atoms with van der Waals surface area (Å²) in [6, 6.07) is 11.1. The molecular weight excluding hydrogens is 212 g/mol. The van der Waals surface area contributed by atoms with Crippen molar-refractivity contribution in [3.05, 3.63) is 35.9 Å². The second-order valence-electron chi connectivity index (χ2n) is 4.54. The summed E-state index contributed by atoms with van der Waals surface area (Å²) in [5.74, 6) is 0.315. The van der Waals surface area contributed by atoms with Gasteiger partial charge in [0.05, 0.1) is 6.07 Å². The highest BCUT2D eigenvalue weighted by Crippen LogP contribution is 2.19. The van der Waals surface area contributed by atoms with Crippen LogP contribution in [0.25, 0.3) is 0 Å². The fourth-order valence-electron chi connectivity index (χ4n) is 1.66. The third kappa shape index (κ3) is 3.60. The minimum Gasteiger partial charge on any atom is -0.326 e. The molecule has 1 rings (SSSR count). The lowest BCUT2D eigenvalue weighted by molar-refractivity contribution is -0.131.